The second-order valence-corrected chi connectivity index (χ2v) is 4.45. The quantitative estimate of drug-likeness (QED) is 0.713. The fraction of sp³-hybridized carbons (Fsp3) is 0.308. The van der Waals surface area contributed by atoms with Crippen molar-refractivity contribution >= 4 is 16.8 Å². The number of carbonyl (C=O) groups excluding carboxylic acids is 1. The highest BCUT2D eigenvalue weighted by Gasteiger charge is 2.18. The Morgan fingerprint density at radius 1 is 1.29 bits per heavy atom. The minimum Gasteiger partial charge on any atom is -0.361 e. The molecule has 3 rings (SSSR count). The highest BCUT2D eigenvalue weighted by atomic mass is 16.2. The van der Waals surface area contributed by atoms with Crippen LogP contribution >= 0.6 is 0 Å². The summed E-state index contributed by atoms with van der Waals surface area (Å²) < 4.78 is 0. The van der Waals surface area contributed by atoms with Crippen LogP contribution in [0.5, 0.6) is 0 Å². The van der Waals surface area contributed by atoms with Crippen LogP contribution in [-0.4, -0.2) is 30.0 Å². The number of rotatable bonds is 2. The Bertz CT molecular complexity index is 536. The van der Waals surface area contributed by atoms with Gasteiger partial charge in [-0.05, 0) is 18.1 Å². The Morgan fingerprint density at radius 2 is 2.18 bits per heavy atom. The number of piperazine rings is 1. The topological polar surface area (TPSA) is 56.9 Å². The monoisotopic (exact) mass is 229 g/mol. The van der Waals surface area contributed by atoms with Crippen LogP contribution < -0.4 is 10.6 Å². The molecule has 1 unspecified atom stereocenters. The number of carbonyl (C=O) groups is 1. The first-order chi connectivity index (χ1) is 8.33. The minimum atomic E-state index is 0.0835. The normalized spacial score (nSPS) is 20.5. The first-order valence-electron chi connectivity index (χ1n) is 5.88. The number of nitrogens with one attached hydrogen (secondary N) is 3. The van der Waals surface area contributed by atoms with Gasteiger partial charge in [-0.15, -0.1) is 0 Å². The van der Waals surface area contributed by atoms with Crippen molar-refractivity contribution in [3.05, 3.63) is 36.0 Å². The predicted molar refractivity (Wildman–Crippen MR) is 66.8 cm³/mol. The molecule has 3 N–H and O–H groups in total. The lowest BCUT2D eigenvalue weighted by Gasteiger charge is -2.23. The lowest BCUT2D eigenvalue weighted by molar-refractivity contribution is -0.121. The summed E-state index contributed by atoms with van der Waals surface area (Å²) >= 11 is 0. The van der Waals surface area contributed by atoms with Gasteiger partial charge in [-0.1, -0.05) is 18.2 Å². The van der Waals surface area contributed by atoms with Crippen molar-refractivity contribution in [2.75, 3.05) is 13.1 Å². The molecular formula is C13H15N3O. The fourth-order valence-electron chi connectivity index (χ4n) is 2.32. The highest BCUT2D eigenvalue weighted by molar-refractivity contribution is 5.83. The van der Waals surface area contributed by atoms with Gasteiger partial charge in [0, 0.05) is 29.7 Å². The van der Waals surface area contributed by atoms with Crippen LogP contribution in [0.4, 0.5) is 0 Å². The molecule has 1 fully saturated rings. The molecule has 2 aromatic rings. The Morgan fingerprint density at radius 3 is 3.00 bits per heavy atom. The van der Waals surface area contributed by atoms with E-state index in [0.29, 0.717) is 19.1 Å². The molecule has 17 heavy (non-hydrogen) atoms. The van der Waals surface area contributed by atoms with Gasteiger partial charge in [-0.3, -0.25) is 4.79 Å². The van der Waals surface area contributed by atoms with E-state index in [1.807, 2.05) is 6.07 Å². The fourth-order valence-corrected chi connectivity index (χ4v) is 2.32. The van der Waals surface area contributed by atoms with Crippen molar-refractivity contribution in [3.8, 4) is 0 Å². The molecule has 1 amide bonds. The summed E-state index contributed by atoms with van der Waals surface area (Å²) in [5, 5.41) is 7.40. The molecule has 1 aliphatic heterocycles. The summed E-state index contributed by atoms with van der Waals surface area (Å²) in [5.41, 5.74) is 2.47. The Balaban J connectivity index is 1.78. The number of para-hydroxylation sites is 1. The van der Waals surface area contributed by atoms with Gasteiger partial charge >= 0.3 is 0 Å². The van der Waals surface area contributed by atoms with Gasteiger partial charge in [0.1, 0.15) is 0 Å². The van der Waals surface area contributed by atoms with Crippen LogP contribution in [0.15, 0.2) is 30.5 Å². The average Bonchev–Trinajstić information content (AvgIpc) is 2.76. The number of benzene rings is 1. The van der Waals surface area contributed by atoms with E-state index in [1.165, 1.54) is 16.5 Å². The molecule has 1 aromatic carbocycles. The van der Waals surface area contributed by atoms with Gasteiger partial charge < -0.3 is 15.6 Å². The Labute approximate surface area is 99.4 Å². The predicted octanol–water partition coefficient (Wildman–Crippen LogP) is 0.798. The van der Waals surface area contributed by atoms with Crippen molar-refractivity contribution in [1.82, 2.24) is 15.6 Å². The molecule has 0 bridgehead atoms. The molecule has 88 valence electrons. The molecule has 1 atom stereocenters. The van der Waals surface area contributed by atoms with Gasteiger partial charge in [0.2, 0.25) is 5.91 Å². The molecule has 2 heterocycles. The lowest BCUT2D eigenvalue weighted by Crippen LogP contribution is -2.52. The molecular weight excluding hydrogens is 214 g/mol. The van der Waals surface area contributed by atoms with Crippen LogP contribution in [0.1, 0.15) is 5.56 Å². The molecule has 1 aromatic heterocycles. The first kappa shape index (κ1) is 10.4. The molecule has 0 saturated carbocycles. The van der Waals surface area contributed by atoms with Crippen LogP contribution in [0.2, 0.25) is 0 Å². The van der Waals surface area contributed by atoms with Crippen molar-refractivity contribution in [1.29, 1.82) is 0 Å². The van der Waals surface area contributed by atoms with Gasteiger partial charge in [-0.2, -0.15) is 0 Å². The molecule has 4 heteroatoms. The van der Waals surface area contributed by atoms with Gasteiger partial charge in [0.05, 0.1) is 6.54 Å². The summed E-state index contributed by atoms with van der Waals surface area (Å²) in [6.07, 6.45) is 2.99. The summed E-state index contributed by atoms with van der Waals surface area (Å²) in [7, 11) is 0. The maximum absolute atomic E-state index is 11.0. The van der Waals surface area contributed by atoms with Crippen molar-refractivity contribution in [2.24, 2.45) is 0 Å². The first-order valence-corrected chi connectivity index (χ1v) is 5.88. The molecule has 1 aliphatic rings. The smallest absolute Gasteiger partial charge is 0.234 e. The van der Waals surface area contributed by atoms with E-state index >= 15 is 0 Å². The average molecular weight is 229 g/mol. The van der Waals surface area contributed by atoms with E-state index in [4.69, 9.17) is 0 Å². The molecule has 4 nitrogen and oxygen atoms in total. The van der Waals surface area contributed by atoms with Crippen LogP contribution in [0, 0.1) is 0 Å². The highest BCUT2D eigenvalue weighted by Crippen LogP contribution is 2.19. The SMILES string of the molecule is O=C1CNC(Cc2c[nH]c3ccccc23)CN1. The Hall–Kier alpha value is -1.81. The summed E-state index contributed by atoms with van der Waals surface area (Å²) in [5.74, 6) is 0.0835. The molecule has 0 spiro atoms. The molecule has 0 radical (unpaired) electrons. The van der Waals surface area contributed by atoms with E-state index in [0.717, 1.165) is 6.42 Å². The van der Waals surface area contributed by atoms with E-state index in [9.17, 15) is 4.79 Å². The summed E-state index contributed by atoms with van der Waals surface area (Å²) in [6.45, 7) is 1.13. The zero-order valence-electron chi connectivity index (χ0n) is 9.49. The number of aromatic nitrogens is 1. The number of hydrogen-bond donors (Lipinski definition) is 3. The summed E-state index contributed by atoms with van der Waals surface area (Å²) in [4.78, 5) is 14.3. The number of amides is 1. The van der Waals surface area contributed by atoms with Gasteiger partial charge in [0.15, 0.2) is 0 Å². The molecule has 1 saturated heterocycles. The maximum Gasteiger partial charge on any atom is 0.234 e. The van der Waals surface area contributed by atoms with Crippen molar-refractivity contribution in [2.45, 2.75) is 12.5 Å². The van der Waals surface area contributed by atoms with Crippen LogP contribution in [0.3, 0.4) is 0 Å². The maximum atomic E-state index is 11.0. The zero-order chi connectivity index (χ0) is 11.7. The van der Waals surface area contributed by atoms with Gasteiger partial charge in [-0.25, -0.2) is 0 Å². The van der Waals surface area contributed by atoms with Crippen molar-refractivity contribution < 1.29 is 4.79 Å². The van der Waals surface area contributed by atoms with E-state index in [-0.39, 0.29) is 5.91 Å². The van der Waals surface area contributed by atoms with E-state index < -0.39 is 0 Å². The molecule has 0 aliphatic carbocycles. The third-order valence-electron chi connectivity index (χ3n) is 3.24. The van der Waals surface area contributed by atoms with E-state index in [1.54, 1.807) is 0 Å². The van der Waals surface area contributed by atoms with Crippen molar-refractivity contribution in [3.63, 3.8) is 0 Å². The Kier molecular flexibility index (Phi) is 2.57. The van der Waals surface area contributed by atoms with Crippen LogP contribution in [0.25, 0.3) is 10.9 Å². The zero-order valence-corrected chi connectivity index (χ0v) is 9.49. The third-order valence-corrected chi connectivity index (χ3v) is 3.24. The standard InChI is InChI=1S/C13H15N3O/c17-13-8-14-10(7-16-13)5-9-6-15-12-4-2-1-3-11(9)12/h1-4,6,10,14-15H,5,7-8H2,(H,16,17). The number of fused-ring (bicyclic) bond motifs is 1. The number of hydrogen-bond acceptors (Lipinski definition) is 2. The summed E-state index contributed by atoms with van der Waals surface area (Å²) in [6, 6.07) is 8.61. The van der Waals surface area contributed by atoms with Crippen LogP contribution in [-0.2, 0) is 11.2 Å². The lowest BCUT2D eigenvalue weighted by atomic mass is 10.0. The largest absolute Gasteiger partial charge is 0.361 e. The number of H-pyrrole nitrogens is 1. The minimum absolute atomic E-state index is 0.0835. The van der Waals surface area contributed by atoms with E-state index in [2.05, 4.69) is 40.0 Å². The second kappa shape index (κ2) is 4.22. The number of aromatic amines is 1. The van der Waals surface area contributed by atoms with Gasteiger partial charge in [0.25, 0.3) is 0 Å². The third kappa shape index (κ3) is 2.03. The second-order valence-electron chi connectivity index (χ2n) is 4.45.